The highest BCUT2D eigenvalue weighted by atomic mass is 35.5. The second-order valence-corrected chi connectivity index (χ2v) is 6.31. The highest BCUT2D eigenvalue weighted by Crippen LogP contribution is 2.48. The summed E-state index contributed by atoms with van der Waals surface area (Å²) in [5.74, 6) is -0.545. The van der Waals surface area contributed by atoms with E-state index in [-0.39, 0.29) is 22.9 Å². The molecular formula is C13H9ClF3N3OS. The first kappa shape index (κ1) is 15.2. The zero-order valence-electron chi connectivity index (χ0n) is 10.9. The Hall–Kier alpha value is -1.67. The number of hydrogen-bond donors (Lipinski definition) is 1. The molecule has 9 heteroatoms. The van der Waals surface area contributed by atoms with Crippen LogP contribution in [0, 0.1) is 5.92 Å². The van der Waals surface area contributed by atoms with Gasteiger partial charge in [0.05, 0.1) is 0 Å². The molecule has 0 saturated heterocycles. The summed E-state index contributed by atoms with van der Waals surface area (Å²) in [4.78, 5) is 12.0. The van der Waals surface area contributed by atoms with Crippen molar-refractivity contribution in [2.24, 2.45) is 5.92 Å². The quantitative estimate of drug-likeness (QED) is 0.914. The molecule has 1 fully saturated rings. The third-order valence-corrected chi connectivity index (χ3v) is 4.46. The summed E-state index contributed by atoms with van der Waals surface area (Å²) in [6.45, 7) is 0. The van der Waals surface area contributed by atoms with E-state index in [1.54, 1.807) is 12.1 Å². The van der Waals surface area contributed by atoms with Crippen molar-refractivity contribution in [3.05, 3.63) is 39.9 Å². The zero-order chi connectivity index (χ0) is 15.9. The van der Waals surface area contributed by atoms with Crippen LogP contribution in [0.15, 0.2) is 24.3 Å². The van der Waals surface area contributed by atoms with Crippen LogP contribution in [0.1, 0.15) is 22.9 Å². The summed E-state index contributed by atoms with van der Waals surface area (Å²) >= 11 is 6.11. The molecule has 0 aliphatic heterocycles. The molecule has 0 bridgehead atoms. The number of rotatable bonds is 3. The maximum Gasteiger partial charge on any atom is 0.445 e. The van der Waals surface area contributed by atoms with Gasteiger partial charge >= 0.3 is 6.18 Å². The summed E-state index contributed by atoms with van der Waals surface area (Å²) in [7, 11) is 0. The van der Waals surface area contributed by atoms with E-state index in [4.69, 9.17) is 11.6 Å². The van der Waals surface area contributed by atoms with E-state index in [0.717, 1.165) is 5.56 Å². The van der Waals surface area contributed by atoms with Crippen LogP contribution in [0.3, 0.4) is 0 Å². The first-order valence-electron chi connectivity index (χ1n) is 6.31. The number of nitrogens with zero attached hydrogens (tertiary/aromatic N) is 2. The van der Waals surface area contributed by atoms with Crippen molar-refractivity contribution >= 4 is 34.0 Å². The zero-order valence-corrected chi connectivity index (χ0v) is 12.5. The molecule has 1 aromatic carbocycles. The molecule has 1 aliphatic carbocycles. The second-order valence-electron chi connectivity index (χ2n) is 4.90. The Morgan fingerprint density at radius 1 is 1.27 bits per heavy atom. The maximum absolute atomic E-state index is 12.4. The number of amides is 1. The topological polar surface area (TPSA) is 54.9 Å². The lowest BCUT2D eigenvalue weighted by molar-refractivity contribution is -0.138. The van der Waals surface area contributed by atoms with Crippen LogP contribution in [0.5, 0.6) is 0 Å². The lowest BCUT2D eigenvalue weighted by Gasteiger charge is -2.01. The van der Waals surface area contributed by atoms with E-state index in [9.17, 15) is 18.0 Å². The van der Waals surface area contributed by atoms with Gasteiger partial charge in [0.2, 0.25) is 16.0 Å². The Morgan fingerprint density at radius 2 is 1.95 bits per heavy atom. The van der Waals surface area contributed by atoms with Gasteiger partial charge in [-0.1, -0.05) is 35.1 Å². The van der Waals surface area contributed by atoms with Crippen LogP contribution in [0.2, 0.25) is 5.02 Å². The normalized spacial score (nSPS) is 20.7. The monoisotopic (exact) mass is 347 g/mol. The predicted octanol–water partition coefficient (Wildman–Crippen LogP) is 3.95. The number of hydrogen-bond acceptors (Lipinski definition) is 4. The Morgan fingerprint density at radius 3 is 2.55 bits per heavy atom. The molecule has 1 N–H and O–H groups in total. The molecule has 0 spiro atoms. The van der Waals surface area contributed by atoms with E-state index in [0.29, 0.717) is 22.8 Å². The van der Waals surface area contributed by atoms with E-state index < -0.39 is 11.2 Å². The number of alkyl halides is 3. The third-order valence-electron chi connectivity index (χ3n) is 3.32. The summed E-state index contributed by atoms with van der Waals surface area (Å²) in [5, 5.41) is 8.14. The van der Waals surface area contributed by atoms with E-state index in [1.807, 2.05) is 12.1 Å². The van der Waals surface area contributed by atoms with Gasteiger partial charge < -0.3 is 5.32 Å². The van der Waals surface area contributed by atoms with E-state index >= 15 is 0 Å². The van der Waals surface area contributed by atoms with Crippen molar-refractivity contribution in [1.82, 2.24) is 10.2 Å². The van der Waals surface area contributed by atoms with Crippen molar-refractivity contribution in [1.29, 1.82) is 0 Å². The molecular weight excluding hydrogens is 339 g/mol. The molecule has 0 radical (unpaired) electrons. The minimum atomic E-state index is -4.55. The molecule has 1 aromatic heterocycles. The average molecular weight is 348 g/mol. The third kappa shape index (κ3) is 3.22. The van der Waals surface area contributed by atoms with Crippen LogP contribution in [-0.4, -0.2) is 16.1 Å². The number of anilines is 1. The van der Waals surface area contributed by atoms with Crippen molar-refractivity contribution in [2.75, 3.05) is 5.32 Å². The summed E-state index contributed by atoms with van der Waals surface area (Å²) in [6.07, 6.45) is -3.90. The van der Waals surface area contributed by atoms with Gasteiger partial charge in [0.1, 0.15) is 0 Å². The second kappa shape index (κ2) is 5.51. The Kier molecular flexibility index (Phi) is 3.82. The van der Waals surface area contributed by atoms with E-state index in [2.05, 4.69) is 15.5 Å². The molecule has 4 nitrogen and oxygen atoms in total. The van der Waals surface area contributed by atoms with Gasteiger partial charge in [-0.15, -0.1) is 10.2 Å². The highest BCUT2D eigenvalue weighted by molar-refractivity contribution is 7.15. The summed E-state index contributed by atoms with van der Waals surface area (Å²) < 4.78 is 37.2. The molecule has 116 valence electrons. The lowest BCUT2D eigenvalue weighted by atomic mass is 10.1. The number of halogens is 4. The fourth-order valence-electron chi connectivity index (χ4n) is 2.15. The number of carbonyl (C=O) groups excluding carboxylic acids is 1. The fourth-order valence-corrected chi connectivity index (χ4v) is 2.89. The van der Waals surface area contributed by atoms with Gasteiger partial charge in [0.25, 0.3) is 0 Å². The van der Waals surface area contributed by atoms with Gasteiger partial charge in [-0.25, -0.2) is 0 Å². The van der Waals surface area contributed by atoms with Crippen LogP contribution in [0.25, 0.3) is 0 Å². The molecule has 2 atom stereocenters. The van der Waals surface area contributed by atoms with Crippen LogP contribution >= 0.6 is 22.9 Å². The fraction of sp³-hybridized carbons (Fsp3) is 0.308. The van der Waals surface area contributed by atoms with Crippen LogP contribution < -0.4 is 5.32 Å². The lowest BCUT2D eigenvalue weighted by Crippen LogP contribution is -2.14. The first-order valence-corrected chi connectivity index (χ1v) is 7.51. The van der Waals surface area contributed by atoms with Gasteiger partial charge in [-0.3, -0.25) is 4.79 Å². The minimum Gasteiger partial charge on any atom is -0.300 e. The molecule has 22 heavy (non-hydrogen) atoms. The van der Waals surface area contributed by atoms with Crippen molar-refractivity contribution in [3.8, 4) is 0 Å². The smallest absolute Gasteiger partial charge is 0.300 e. The largest absolute Gasteiger partial charge is 0.445 e. The number of nitrogens with one attached hydrogen (secondary N) is 1. The van der Waals surface area contributed by atoms with Crippen molar-refractivity contribution < 1.29 is 18.0 Å². The maximum atomic E-state index is 12.4. The molecule has 3 rings (SSSR count). The van der Waals surface area contributed by atoms with Crippen molar-refractivity contribution in [2.45, 2.75) is 18.5 Å². The van der Waals surface area contributed by atoms with Gasteiger partial charge in [-0.05, 0) is 30.0 Å². The Labute approximate surface area is 132 Å². The average Bonchev–Trinajstić information content (AvgIpc) is 3.10. The Bertz CT molecular complexity index is 701. The van der Waals surface area contributed by atoms with Gasteiger partial charge in [0, 0.05) is 10.9 Å². The molecule has 2 aromatic rings. The molecule has 1 amide bonds. The predicted molar refractivity (Wildman–Crippen MR) is 75.8 cm³/mol. The number of benzene rings is 1. The number of aromatic nitrogens is 2. The Balaban J connectivity index is 1.62. The van der Waals surface area contributed by atoms with E-state index in [1.165, 1.54) is 0 Å². The molecule has 2 unspecified atom stereocenters. The highest BCUT2D eigenvalue weighted by Gasteiger charge is 2.44. The standard InChI is InChI=1S/C13H9ClF3N3OS/c14-7-3-1-6(2-4-7)8-5-9(8)10(21)18-12-20-19-11(22-12)13(15,16)17/h1-4,8-9H,5H2,(H,18,20,21). The first-order chi connectivity index (χ1) is 10.3. The minimum absolute atomic E-state index is 0.0623. The summed E-state index contributed by atoms with van der Waals surface area (Å²) in [5.41, 5.74) is 0.984. The SMILES string of the molecule is O=C(Nc1nnc(C(F)(F)F)s1)C1CC1c1ccc(Cl)cc1. The van der Waals surface area contributed by atoms with Gasteiger partial charge in [-0.2, -0.15) is 13.2 Å². The van der Waals surface area contributed by atoms with Crippen LogP contribution in [0.4, 0.5) is 18.3 Å². The summed E-state index contributed by atoms with van der Waals surface area (Å²) in [6, 6.07) is 7.16. The van der Waals surface area contributed by atoms with Gasteiger partial charge in [0.15, 0.2) is 0 Å². The molecule has 1 aliphatic rings. The van der Waals surface area contributed by atoms with Crippen molar-refractivity contribution in [3.63, 3.8) is 0 Å². The number of carbonyl (C=O) groups is 1. The molecule has 1 heterocycles. The van der Waals surface area contributed by atoms with Crippen LogP contribution in [-0.2, 0) is 11.0 Å². The molecule has 1 saturated carbocycles.